The molecule has 0 heterocycles. The van der Waals surface area contributed by atoms with Gasteiger partial charge in [-0.25, -0.2) is 12.8 Å². The second kappa shape index (κ2) is 5.84. The molecule has 1 rings (SSSR count). The Morgan fingerprint density at radius 2 is 2.12 bits per heavy atom. The summed E-state index contributed by atoms with van der Waals surface area (Å²) in [6.45, 7) is 0.161. The van der Waals surface area contributed by atoms with Crippen LogP contribution in [0.2, 0.25) is 0 Å². The van der Waals surface area contributed by atoms with Crippen molar-refractivity contribution in [3.8, 4) is 5.75 Å². The topological polar surface area (TPSA) is 43.4 Å². The number of halogens is 3. The summed E-state index contributed by atoms with van der Waals surface area (Å²) in [7, 11) is 1.53. The Kier molecular flexibility index (Phi) is 5.01. The zero-order chi connectivity index (χ0) is 12.2. The van der Waals surface area contributed by atoms with Gasteiger partial charge in [0.1, 0.15) is 11.6 Å². The number of rotatable bonds is 5. The van der Waals surface area contributed by atoms with Crippen molar-refractivity contribution >= 4 is 35.7 Å². The summed E-state index contributed by atoms with van der Waals surface area (Å²) in [6, 6.07) is 4.03. The Morgan fingerprint density at radius 1 is 1.44 bits per heavy atom. The normalized spacial score (nSPS) is 11.4. The summed E-state index contributed by atoms with van der Waals surface area (Å²) in [4.78, 5) is 0. The lowest BCUT2D eigenvalue weighted by atomic mass is 10.3. The van der Waals surface area contributed by atoms with Gasteiger partial charge in [-0.15, -0.1) is 0 Å². The van der Waals surface area contributed by atoms with Crippen LogP contribution in [0, 0.1) is 5.82 Å². The van der Waals surface area contributed by atoms with Crippen LogP contribution >= 0.6 is 26.6 Å². The van der Waals surface area contributed by atoms with Crippen LogP contribution in [0.5, 0.6) is 5.75 Å². The second-order valence-corrected chi connectivity index (χ2v) is 6.77. The monoisotopic (exact) mass is 330 g/mol. The molecule has 0 atom stereocenters. The highest BCUT2D eigenvalue weighted by molar-refractivity contribution is 9.10. The number of ether oxygens (including phenoxy) is 1. The van der Waals surface area contributed by atoms with Gasteiger partial charge < -0.3 is 4.74 Å². The molecular weight excluding hydrogens is 323 g/mol. The van der Waals surface area contributed by atoms with Crippen molar-refractivity contribution in [2.75, 3.05) is 12.4 Å². The van der Waals surface area contributed by atoms with Gasteiger partial charge in [0.05, 0.1) is 16.8 Å². The van der Waals surface area contributed by atoms with Gasteiger partial charge >= 0.3 is 0 Å². The first-order chi connectivity index (χ1) is 7.38. The largest absolute Gasteiger partial charge is 0.492 e. The molecule has 3 nitrogen and oxygen atoms in total. The molecule has 1 aromatic rings. The molecule has 7 heteroatoms. The van der Waals surface area contributed by atoms with E-state index >= 15 is 0 Å². The zero-order valence-electron chi connectivity index (χ0n) is 8.12. The molecule has 0 saturated heterocycles. The lowest BCUT2D eigenvalue weighted by Gasteiger charge is -2.07. The fourth-order valence-electron chi connectivity index (χ4n) is 1.00. The highest BCUT2D eigenvalue weighted by atomic mass is 79.9. The molecule has 1 aromatic carbocycles. The van der Waals surface area contributed by atoms with Crippen molar-refractivity contribution in [1.29, 1.82) is 0 Å². The van der Waals surface area contributed by atoms with Crippen LogP contribution in [0.1, 0.15) is 6.42 Å². The molecule has 0 fully saturated rings. The number of hydrogen-bond donors (Lipinski definition) is 0. The molecular formula is C9H9BrClFO3S. The average Bonchev–Trinajstić information content (AvgIpc) is 2.16. The van der Waals surface area contributed by atoms with Crippen molar-refractivity contribution in [3.63, 3.8) is 0 Å². The molecule has 0 saturated carbocycles. The first-order valence-electron chi connectivity index (χ1n) is 4.39. The summed E-state index contributed by atoms with van der Waals surface area (Å²) >= 11 is 3.19. The minimum Gasteiger partial charge on any atom is -0.492 e. The Morgan fingerprint density at radius 3 is 2.75 bits per heavy atom. The maximum atomic E-state index is 12.8. The molecule has 0 aromatic heterocycles. The maximum Gasteiger partial charge on any atom is 0.232 e. The van der Waals surface area contributed by atoms with Crippen LogP contribution < -0.4 is 4.74 Å². The van der Waals surface area contributed by atoms with Gasteiger partial charge in [-0.2, -0.15) is 0 Å². The van der Waals surface area contributed by atoms with E-state index < -0.39 is 14.9 Å². The molecule has 0 aliphatic heterocycles. The Hall–Kier alpha value is -0.330. The van der Waals surface area contributed by atoms with E-state index in [-0.39, 0.29) is 18.8 Å². The van der Waals surface area contributed by atoms with Crippen molar-refractivity contribution in [2.24, 2.45) is 0 Å². The molecule has 0 spiro atoms. The van der Waals surface area contributed by atoms with Gasteiger partial charge in [-0.05, 0) is 34.5 Å². The zero-order valence-corrected chi connectivity index (χ0v) is 11.3. The van der Waals surface area contributed by atoms with Crippen molar-refractivity contribution in [2.45, 2.75) is 6.42 Å². The van der Waals surface area contributed by atoms with Crippen molar-refractivity contribution < 1.29 is 17.5 Å². The summed E-state index contributed by atoms with van der Waals surface area (Å²) in [5, 5.41) is 0. The molecule has 16 heavy (non-hydrogen) atoms. The molecule has 90 valence electrons. The lowest BCUT2D eigenvalue weighted by Crippen LogP contribution is -2.05. The first kappa shape index (κ1) is 13.7. The van der Waals surface area contributed by atoms with Crippen LogP contribution in [0.15, 0.2) is 22.7 Å². The van der Waals surface area contributed by atoms with Gasteiger partial charge in [0, 0.05) is 16.7 Å². The minimum absolute atomic E-state index is 0.161. The third-order valence-electron chi connectivity index (χ3n) is 1.68. The van der Waals surface area contributed by atoms with E-state index in [1.165, 1.54) is 18.2 Å². The predicted molar refractivity (Wildman–Crippen MR) is 63.9 cm³/mol. The minimum atomic E-state index is -3.49. The third kappa shape index (κ3) is 5.14. The van der Waals surface area contributed by atoms with E-state index in [0.29, 0.717) is 10.2 Å². The summed E-state index contributed by atoms with van der Waals surface area (Å²) in [6.07, 6.45) is 0.259. The molecule has 0 radical (unpaired) electrons. The van der Waals surface area contributed by atoms with E-state index in [4.69, 9.17) is 15.4 Å². The summed E-state index contributed by atoms with van der Waals surface area (Å²) in [5.41, 5.74) is 0. The molecule has 0 aliphatic carbocycles. The lowest BCUT2D eigenvalue weighted by molar-refractivity contribution is 0.314. The van der Waals surface area contributed by atoms with Crippen LogP contribution in [-0.4, -0.2) is 20.8 Å². The van der Waals surface area contributed by atoms with Gasteiger partial charge in [0.15, 0.2) is 0 Å². The van der Waals surface area contributed by atoms with Crippen LogP contribution in [0.3, 0.4) is 0 Å². The maximum absolute atomic E-state index is 12.8. The summed E-state index contributed by atoms with van der Waals surface area (Å²) in [5.74, 6) is -0.239. The fourth-order valence-corrected chi connectivity index (χ4v) is 2.15. The van der Waals surface area contributed by atoms with Gasteiger partial charge in [-0.1, -0.05) is 0 Å². The van der Waals surface area contributed by atoms with Crippen molar-refractivity contribution in [3.05, 3.63) is 28.5 Å². The molecule has 0 unspecified atom stereocenters. The number of benzene rings is 1. The standard InChI is InChI=1S/C9H9BrClFO3S/c10-8-3-2-7(12)6-9(8)15-4-1-5-16(11,13)14/h2-3,6H,1,4-5H2. The average molecular weight is 332 g/mol. The van der Waals surface area contributed by atoms with E-state index in [2.05, 4.69) is 15.9 Å². The summed E-state index contributed by atoms with van der Waals surface area (Å²) < 4.78 is 39.9. The number of hydrogen-bond acceptors (Lipinski definition) is 3. The highest BCUT2D eigenvalue weighted by Crippen LogP contribution is 2.25. The van der Waals surface area contributed by atoms with Gasteiger partial charge in [0.2, 0.25) is 9.05 Å². The predicted octanol–water partition coefficient (Wildman–Crippen LogP) is 2.93. The second-order valence-electron chi connectivity index (χ2n) is 3.02. The molecule has 0 N–H and O–H groups in total. The quantitative estimate of drug-likeness (QED) is 0.615. The van der Waals surface area contributed by atoms with Crippen LogP contribution in [-0.2, 0) is 9.05 Å². The van der Waals surface area contributed by atoms with E-state index in [9.17, 15) is 12.8 Å². The molecule has 0 amide bonds. The Balaban J connectivity index is 2.46. The molecule has 0 bridgehead atoms. The van der Waals surface area contributed by atoms with Gasteiger partial charge in [-0.3, -0.25) is 0 Å². The highest BCUT2D eigenvalue weighted by Gasteiger charge is 2.06. The SMILES string of the molecule is O=S(=O)(Cl)CCCOc1cc(F)ccc1Br. The van der Waals surface area contributed by atoms with E-state index in [0.717, 1.165) is 0 Å². The van der Waals surface area contributed by atoms with E-state index in [1.807, 2.05) is 0 Å². The molecule has 0 aliphatic rings. The Labute approximate surface area is 106 Å². The van der Waals surface area contributed by atoms with Gasteiger partial charge in [0.25, 0.3) is 0 Å². The third-order valence-corrected chi connectivity index (χ3v) is 3.58. The van der Waals surface area contributed by atoms with Crippen LogP contribution in [0.4, 0.5) is 4.39 Å². The van der Waals surface area contributed by atoms with Crippen molar-refractivity contribution in [1.82, 2.24) is 0 Å². The van der Waals surface area contributed by atoms with E-state index in [1.54, 1.807) is 0 Å². The first-order valence-corrected chi connectivity index (χ1v) is 7.66. The Bertz CT molecular complexity index is 464. The fraction of sp³-hybridized carbons (Fsp3) is 0.333. The smallest absolute Gasteiger partial charge is 0.232 e. The van der Waals surface area contributed by atoms with Crippen LogP contribution in [0.25, 0.3) is 0 Å².